The maximum atomic E-state index is 6.32. The smallest absolute Gasteiger partial charge is 0.156 e. The summed E-state index contributed by atoms with van der Waals surface area (Å²) in [6.07, 6.45) is 6.50. The molecule has 2 aromatic carbocycles. The van der Waals surface area contributed by atoms with Gasteiger partial charge in [0.15, 0.2) is 5.75 Å². The van der Waals surface area contributed by atoms with Gasteiger partial charge >= 0.3 is 0 Å². The van der Waals surface area contributed by atoms with E-state index in [4.69, 9.17) is 60.6 Å². The van der Waals surface area contributed by atoms with Crippen LogP contribution in [-0.4, -0.2) is 18.8 Å². The van der Waals surface area contributed by atoms with Crippen LogP contribution >= 0.6 is 46.4 Å². The van der Waals surface area contributed by atoms with E-state index in [1.807, 2.05) is 0 Å². The summed E-state index contributed by atoms with van der Waals surface area (Å²) < 4.78 is 17.7. The number of ether oxygens (including phenoxy) is 3. The zero-order valence-corrected chi connectivity index (χ0v) is 21.6. The van der Waals surface area contributed by atoms with Gasteiger partial charge in [-0.05, 0) is 63.7 Å². The Balaban J connectivity index is 1.45. The molecule has 1 aliphatic heterocycles. The van der Waals surface area contributed by atoms with Gasteiger partial charge in [-0.25, -0.2) is 0 Å². The average Bonchev–Trinajstić information content (AvgIpc) is 2.99. The third-order valence-corrected chi connectivity index (χ3v) is 6.05. The van der Waals surface area contributed by atoms with Crippen LogP contribution in [0.5, 0.6) is 17.2 Å². The van der Waals surface area contributed by atoms with E-state index < -0.39 is 0 Å². The van der Waals surface area contributed by atoms with E-state index >= 15 is 0 Å². The quantitative estimate of drug-likeness (QED) is 0.295. The van der Waals surface area contributed by atoms with Crippen LogP contribution in [0.4, 0.5) is 0 Å². The Morgan fingerprint density at radius 1 is 1.03 bits per heavy atom. The molecule has 0 saturated carbocycles. The molecule has 1 aliphatic rings. The highest BCUT2D eigenvalue weighted by molar-refractivity contribution is 6.55. The van der Waals surface area contributed by atoms with Gasteiger partial charge in [0.25, 0.3) is 0 Å². The summed E-state index contributed by atoms with van der Waals surface area (Å²) >= 11 is 23.8. The van der Waals surface area contributed by atoms with E-state index in [0.29, 0.717) is 28.2 Å². The van der Waals surface area contributed by atoms with Crippen molar-refractivity contribution in [2.24, 2.45) is 0 Å². The molecule has 2 aromatic rings. The molecule has 3 rings (SSSR count). The van der Waals surface area contributed by atoms with Crippen molar-refractivity contribution in [1.29, 1.82) is 0 Å². The van der Waals surface area contributed by atoms with Gasteiger partial charge in [0.05, 0.1) is 16.7 Å². The van der Waals surface area contributed by atoms with Crippen molar-refractivity contribution in [2.75, 3.05) is 13.2 Å². The van der Waals surface area contributed by atoms with Crippen LogP contribution in [-0.2, 0) is 12.8 Å². The fourth-order valence-electron chi connectivity index (χ4n) is 3.88. The third-order valence-electron chi connectivity index (χ3n) is 5.18. The van der Waals surface area contributed by atoms with Crippen LogP contribution in [0.2, 0.25) is 10.0 Å². The summed E-state index contributed by atoms with van der Waals surface area (Å²) in [7, 11) is 0. The van der Waals surface area contributed by atoms with E-state index in [9.17, 15) is 0 Å². The van der Waals surface area contributed by atoms with Crippen LogP contribution in [0.25, 0.3) is 0 Å². The second-order valence-electron chi connectivity index (χ2n) is 8.63. The van der Waals surface area contributed by atoms with E-state index in [1.54, 1.807) is 12.1 Å². The van der Waals surface area contributed by atoms with Crippen molar-refractivity contribution < 1.29 is 14.2 Å². The second kappa shape index (κ2) is 11.2. The normalized spacial score (nSPS) is 14.0. The zero-order chi connectivity index (χ0) is 23.3. The van der Waals surface area contributed by atoms with Crippen LogP contribution in [0, 0.1) is 6.92 Å². The minimum Gasteiger partial charge on any atom is -0.490 e. The second-order valence-corrected chi connectivity index (χ2v) is 10.5. The fraction of sp³-hybridized carbons (Fsp3) is 0.440. The molecule has 1 heterocycles. The first-order valence-electron chi connectivity index (χ1n) is 10.7. The summed E-state index contributed by atoms with van der Waals surface area (Å²) in [5.74, 6) is 2.08. The minimum absolute atomic E-state index is 0.119. The van der Waals surface area contributed by atoms with Gasteiger partial charge in [-0.1, -0.05) is 64.1 Å². The van der Waals surface area contributed by atoms with Crippen LogP contribution in [0.3, 0.4) is 0 Å². The first kappa shape index (κ1) is 25.4. The van der Waals surface area contributed by atoms with Gasteiger partial charge in [-0.15, -0.1) is 0 Å². The molecule has 0 unspecified atom stereocenters. The minimum atomic E-state index is -0.119. The SMILES string of the molecule is Cc1cc(CCCCCOc2c(Cl)cc(OCC=C(Cl)Cl)cc2Cl)c2c(c1)CC(C)(C)O2. The predicted molar refractivity (Wildman–Crippen MR) is 134 cm³/mol. The number of halogens is 4. The summed E-state index contributed by atoms with van der Waals surface area (Å²) in [4.78, 5) is 0. The molecule has 32 heavy (non-hydrogen) atoms. The molecule has 0 atom stereocenters. The molecular formula is C25H28Cl4O3. The molecule has 7 heteroatoms. The lowest BCUT2D eigenvalue weighted by molar-refractivity contribution is 0.137. The zero-order valence-electron chi connectivity index (χ0n) is 18.6. The molecule has 0 amide bonds. The molecule has 0 aliphatic carbocycles. The molecule has 3 nitrogen and oxygen atoms in total. The number of hydrogen-bond acceptors (Lipinski definition) is 3. The average molecular weight is 518 g/mol. The monoisotopic (exact) mass is 516 g/mol. The number of benzene rings is 2. The maximum Gasteiger partial charge on any atom is 0.156 e. The number of rotatable bonds is 10. The first-order valence-corrected chi connectivity index (χ1v) is 12.2. The lowest BCUT2D eigenvalue weighted by atomic mass is 9.96. The number of aryl methyl sites for hydroxylation is 2. The lowest BCUT2D eigenvalue weighted by Gasteiger charge is -2.18. The molecule has 0 N–H and O–H groups in total. The van der Waals surface area contributed by atoms with Crippen molar-refractivity contribution in [2.45, 2.75) is 58.5 Å². The summed E-state index contributed by atoms with van der Waals surface area (Å²) in [6, 6.07) is 7.82. The van der Waals surface area contributed by atoms with Crippen molar-refractivity contribution in [1.82, 2.24) is 0 Å². The van der Waals surface area contributed by atoms with Gasteiger partial charge < -0.3 is 14.2 Å². The maximum absolute atomic E-state index is 6.32. The first-order chi connectivity index (χ1) is 15.1. The fourth-order valence-corrected chi connectivity index (χ4v) is 4.58. The van der Waals surface area contributed by atoms with Crippen molar-refractivity contribution in [3.63, 3.8) is 0 Å². The molecule has 0 radical (unpaired) electrons. The van der Waals surface area contributed by atoms with Crippen molar-refractivity contribution in [3.05, 3.63) is 61.6 Å². The molecular weight excluding hydrogens is 490 g/mol. The molecule has 0 spiro atoms. The van der Waals surface area contributed by atoms with Gasteiger partial charge in [-0.3, -0.25) is 0 Å². The Kier molecular flexibility index (Phi) is 8.91. The molecule has 0 aromatic heterocycles. The topological polar surface area (TPSA) is 27.7 Å². The van der Waals surface area contributed by atoms with E-state index in [1.165, 1.54) is 22.8 Å². The van der Waals surface area contributed by atoms with E-state index in [-0.39, 0.29) is 16.7 Å². The number of hydrogen-bond donors (Lipinski definition) is 0. The lowest BCUT2D eigenvalue weighted by Crippen LogP contribution is -2.24. The van der Waals surface area contributed by atoms with Gasteiger partial charge in [0.2, 0.25) is 0 Å². The molecule has 0 fully saturated rings. The third kappa shape index (κ3) is 7.12. The van der Waals surface area contributed by atoms with Gasteiger partial charge in [0, 0.05) is 18.6 Å². The Morgan fingerprint density at radius 3 is 2.44 bits per heavy atom. The highest BCUT2D eigenvalue weighted by atomic mass is 35.5. The molecule has 0 bridgehead atoms. The van der Waals surface area contributed by atoms with Gasteiger partial charge in [-0.2, -0.15) is 0 Å². The number of unbranched alkanes of at least 4 members (excludes halogenated alkanes) is 2. The Morgan fingerprint density at radius 2 is 1.75 bits per heavy atom. The number of fused-ring (bicyclic) bond motifs is 1. The Hall–Kier alpha value is -1.26. The summed E-state index contributed by atoms with van der Waals surface area (Å²) in [5.41, 5.74) is 3.80. The van der Waals surface area contributed by atoms with Crippen molar-refractivity contribution >= 4 is 46.4 Å². The van der Waals surface area contributed by atoms with Crippen molar-refractivity contribution in [3.8, 4) is 17.2 Å². The van der Waals surface area contributed by atoms with Crippen LogP contribution < -0.4 is 14.2 Å². The van der Waals surface area contributed by atoms with Crippen LogP contribution in [0.15, 0.2) is 34.8 Å². The van der Waals surface area contributed by atoms with E-state index in [2.05, 4.69) is 32.9 Å². The molecule has 0 saturated heterocycles. The summed E-state index contributed by atoms with van der Waals surface area (Å²) in [6.45, 7) is 7.20. The van der Waals surface area contributed by atoms with Gasteiger partial charge in [0.1, 0.15) is 28.2 Å². The van der Waals surface area contributed by atoms with E-state index in [0.717, 1.165) is 37.9 Å². The summed E-state index contributed by atoms with van der Waals surface area (Å²) in [5, 5.41) is 0.812. The Bertz CT molecular complexity index is 958. The highest BCUT2D eigenvalue weighted by Gasteiger charge is 2.31. The molecule has 174 valence electrons. The van der Waals surface area contributed by atoms with Crippen LogP contribution in [0.1, 0.15) is 49.8 Å². The standard InChI is InChI=1S/C25H28Cl4O3/c1-16-11-17(23-18(12-16)15-25(2,3)32-23)7-5-4-6-9-31-24-20(26)13-19(14-21(24)27)30-10-8-22(28)29/h8,11-14H,4-7,9-10,15H2,1-3H3. The Labute approximate surface area is 210 Å². The predicted octanol–water partition coefficient (Wildman–Crippen LogP) is 8.50. The highest BCUT2D eigenvalue weighted by Crippen LogP contribution is 2.39. The largest absolute Gasteiger partial charge is 0.490 e.